The van der Waals surface area contributed by atoms with Crippen molar-refractivity contribution in [2.24, 2.45) is 11.8 Å². The van der Waals surface area contributed by atoms with Crippen molar-refractivity contribution < 1.29 is 4.79 Å². The van der Waals surface area contributed by atoms with Crippen molar-refractivity contribution in [3.63, 3.8) is 0 Å². The molecule has 0 aliphatic heterocycles. The Morgan fingerprint density at radius 3 is 2.56 bits per heavy atom. The van der Waals surface area contributed by atoms with Crippen molar-refractivity contribution in [2.75, 3.05) is 13.1 Å². The van der Waals surface area contributed by atoms with E-state index in [2.05, 4.69) is 18.7 Å². The number of rotatable bonds is 4. The van der Waals surface area contributed by atoms with Crippen LogP contribution in [0.5, 0.6) is 0 Å². The number of nitrogens with zero attached hydrogens (tertiary/aromatic N) is 1. The molecule has 2 aliphatic carbocycles. The van der Waals surface area contributed by atoms with E-state index in [-0.39, 0.29) is 0 Å². The van der Waals surface area contributed by atoms with Gasteiger partial charge in [-0.2, -0.15) is 0 Å². The van der Waals surface area contributed by atoms with Gasteiger partial charge in [-0.15, -0.1) is 0 Å². The third-order valence-corrected chi connectivity index (χ3v) is 4.98. The molecule has 18 heavy (non-hydrogen) atoms. The fourth-order valence-corrected chi connectivity index (χ4v) is 3.77. The normalized spacial score (nSPS) is 30.9. The molecule has 0 aromatic rings. The lowest BCUT2D eigenvalue weighted by molar-refractivity contribution is -0.126. The molecule has 2 rings (SSSR count). The lowest BCUT2D eigenvalue weighted by Gasteiger charge is -2.37. The summed E-state index contributed by atoms with van der Waals surface area (Å²) >= 11 is 0. The summed E-state index contributed by atoms with van der Waals surface area (Å²) in [6.45, 7) is 6.70. The van der Waals surface area contributed by atoms with Gasteiger partial charge in [-0.25, -0.2) is 0 Å². The van der Waals surface area contributed by atoms with Crippen LogP contribution in [0.25, 0.3) is 0 Å². The van der Waals surface area contributed by atoms with Gasteiger partial charge in [0.05, 0.1) is 0 Å². The number of carbonyl (C=O) groups excluding carboxylic acids is 1. The molecular weight excluding hydrogens is 222 g/mol. The number of hydrogen-bond donors (Lipinski definition) is 0. The van der Waals surface area contributed by atoms with Gasteiger partial charge in [0.2, 0.25) is 0 Å². The lowest BCUT2D eigenvalue weighted by Crippen LogP contribution is -2.42. The zero-order valence-electron chi connectivity index (χ0n) is 12.2. The van der Waals surface area contributed by atoms with E-state index < -0.39 is 0 Å². The molecule has 0 heterocycles. The Morgan fingerprint density at radius 1 is 1.17 bits per heavy atom. The van der Waals surface area contributed by atoms with E-state index in [0.717, 1.165) is 44.3 Å². The second kappa shape index (κ2) is 6.70. The molecule has 0 aromatic heterocycles. The summed E-state index contributed by atoms with van der Waals surface area (Å²) in [5.74, 6) is 1.61. The average Bonchev–Trinajstić information content (AvgIpc) is 2.41. The maximum atomic E-state index is 12.0. The molecule has 0 spiro atoms. The van der Waals surface area contributed by atoms with Crippen LogP contribution in [0.3, 0.4) is 0 Å². The summed E-state index contributed by atoms with van der Waals surface area (Å²) in [5, 5.41) is 0. The predicted molar refractivity (Wildman–Crippen MR) is 75.6 cm³/mol. The predicted octanol–water partition coefficient (Wildman–Crippen LogP) is 3.65. The zero-order chi connectivity index (χ0) is 13.0. The van der Waals surface area contributed by atoms with Gasteiger partial charge in [0, 0.05) is 24.9 Å². The number of Topliss-reactive ketones (excluding diaryl/α,β-unsaturated/α-hetero) is 1. The van der Waals surface area contributed by atoms with Crippen LogP contribution in [-0.2, 0) is 4.79 Å². The summed E-state index contributed by atoms with van der Waals surface area (Å²) in [4.78, 5) is 14.6. The average molecular weight is 251 g/mol. The molecule has 0 aromatic carbocycles. The standard InChI is InChI=1S/C16H29NO/c1-3-17(15-7-5-4-6-8-15)12-14-11-13(2)9-10-16(14)18/h13-15H,3-12H2,1-2H3. The van der Waals surface area contributed by atoms with Crippen molar-refractivity contribution in [1.29, 1.82) is 0 Å². The van der Waals surface area contributed by atoms with Crippen LogP contribution >= 0.6 is 0 Å². The number of ketones is 1. The van der Waals surface area contributed by atoms with E-state index >= 15 is 0 Å². The number of carbonyl (C=O) groups is 1. The second-order valence-electron chi connectivity index (χ2n) is 6.42. The molecule has 2 atom stereocenters. The lowest BCUT2D eigenvalue weighted by atomic mass is 9.80. The minimum Gasteiger partial charge on any atom is -0.300 e. The molecule has 0 radical (unpaired) electrons. The molecule has 2 aliphatic rings. The van der Waals surface area contributed by atoms with Crippen LogP contribution in [0.15, 0.2) is 0 Å². The van der Waals surface area contributed by atoms with E-state index in [9.17, 15) is 4.79 Å². The minimum absolute atomic E-state index is 0.329. The van der Waals surface area contributed by atoms with Crippen LogP contribution in [0.4, 0.5) is 0 Å². The molecule has 0 N–H and O–H groups in total. The van der Waals surface area contributed by atoms with E-state index in [4.69, 9.17) is 0 Å². The molecule has 0 bridgehead atoms. The Hall–Kier alpha value is -0.370. The van der Waals surface area contributed by atoms with Crippen molar-refractivity contribution in [1.82, 2.24) is 4.90 Å². The van der Waals surface area contributed by atoms with Gasteiger partial charge in [-0.05, 0) is 38.1 Å². The van der Waals surface area contributed by atoms with Gasteiger partial charge in [-0.3, -0.25) is 9.69 Å². The van der Waals surface area contributed by atoms with Crippen molar-refractivity contribution in [3.8, 4) is 0 Å². The van der Waals surface area contributed by atoms with E-state index in [1.807, 2.05) is 0 Å². The molecule has 2 heteroatoms. The topological polar surface area (TPSA) is 20.3 Å². The van der Waals surface area contributed by atoms with Crippen LogP contribution in [-0.4, -0.2) is 29.8 Å². The summed E-state index contributed by atoms with van der Waals surface area (Å²) in [5.41, 5.74) is 0. The molecule has 104 valence electrons. The van der Waals surface area contributed by atoms with Gasteiger partial charge in [0.1, 0.15) is 5.78 Å². The fraction of sp³-hybridized carbons (Fsp3) is 0.938. The summed E-state index contributed by atoms with van der Waals surface area (Å²) in [6.07, 6.45) is 9.95. The Balaban J connectivity index is 1.89. The highest BCUT2D eigenvalue weighted by atomic mass is 16.1. The third kappa shape index (κ3) is 3.57. The smallest absolute Gasteiger partial charge is 0.137 e. The molecule has 2 unspecified atom stereocenters. The van der Waals surface area contributed by atoms with E-state index in [0.29, 0.717) is 11.7 Å². The Bertz CT molecular complexity index is 270. The fourth-order valence-electron chi connectivity index (χ4n) is 3.77. The SMILES string of the molecule is CCN(CC1CC(C)CCC1=O)C1CCCCC1. The van der Waals surface area contributed by atoms with Crippen molar-refractivity contribution >= 4 is 5.78 Å². The largest absolute Gasteiger partial charge is 0.300 e. The van der Waals surface area contributed by atoms with E-state index in [1.165, 1.54) is 32.1 Å². The molecule has 2 saturated carbocycles. The Morgan fingerprint density at radius 2 is 1.89 bits per heavy atom. The molecule has 2 nitrogen and oxygen atoms in total. The van der Waals surface area contributed by atoms with Gasteiger partial charge < -0.3 is 0 Å². The minimum atomic E-state index is 0.329. The van der Waals surface area contributed by atoms with Gasteiger partial charge in [-0.1, -0.05) is 33.1 Å². The summed E-state index contributed by atoms with van der Waals surface area (Å²) in [7, 11) is 0. The molecule has 0 saturated heterocycles. The van der Waals surface area contributed by atoms with Crippen LogP contribution in [0, 0.1) is 11.8 Å². The first-order valence-electron chi connectivity index (χ1n) is 7.97. The first-order valence-corrected chi connectivity index (χ1v) is 7.97. The van der Waals surface area contributed by atoms with Crippen LogP contribution < -0.4 is 0 Å². The van der Waals surface area contributed by atoms with E-state index in [1.54, 1.807) is 0 Å². The Kier molecular flexibility index (Phi) is 5.23. The maximum Gasteiger partial charge on any atom is 0.137 e. The van der Waals surface area contributed by atoms with Crippen LogP contribution in [0.2, 0.25) is 0 Å². The zero-order valence-corrected chi connectivity index (χ0v) is 12.2. The summed E-state index contributed by atoms with van der Waals surface area (Å²) < 4.78 is 0. The molecule has 2 fully saturated rings. The quantitative estimate of drug-likeness (QED) is 0.760. The molecule has 0 amide bonds. The second-order valence-corrected chi connectivity index (χ2v) is 6.42. The third-order valence-electron chi connectivity index (χ3n) is 4.98. The van der Waals surface area contributed by atoms with Crippen molar-refractivity contribution in [3.05, 3.63) is 0 Å². The van der Waals surface area contributed by atoms with Gasteiger partial charge in [0.25, 0.3) is 0 Å². The number of hydrogen-bond acceptors (Lipinski definition) is 2. The molecular formula is C16H29NO. The highest BCUT2D eigenvalue weighted by Crippen LogP contribution is 2.29. The maximum absolute atomic E-state index is 12.0. The first-order chi connectivity index (χ1) is 8.70. The van der Waals surface area contributed by atoms with Gasteiger partial charge >= 0.3 is 0 Å². The highest BCUT2D eigenvalue weighted by molar-refractivity contribution is 5.81. The monoisotopic (exact) mass is 251 g/mol. The van der Waals surface area contributed by atoms with Crippen molar-refractivity contribution in [2.45, 2.75) is 71.3 Å². The summed E-state index contributed by atoms with van der Waals surface area (Å²) in [6, 6.07) is 0.758. The van der Waals surface area contributed by atoms with Crippen LogP contribution in [0.1, 0.15) is 65.2 Å². The first kappa shape index (κ1) is 14.0. The van der Waals surface area contributed by atoms with Gasteiger partial charge in [0.15, 0.2) is 0 Å². The highest BCUT2D eigenvalue weighted by Gasteiger charge is 2.30. The Labute approximate surface area is 112 Å².